The molecule has 3 amide bonds. The third-order valence-electron chi connectivity index (χ3n) is 3.58. The average molecular weight is 285 g/mol. The van der Waals surface area contributed by atoms with Crippen molar-refractivity contribution in [1.29, 1.82) is 0 Å². The summed E-state index contributed by atoms with van der Waals surface area (Å²) in [6.45, 7) is 4.85. The van der Waals surface area contributed by atoms with Crippen LogP contribution in [-0.4, -0.2) is 77.2 Å². The Balaban J connectivity index is 1.96. The number of ether oxygens (including phenoxy) is 1. The number of amides is 3. The zero-order valence-electron chi connectivity index (χ0n) is 11.6. The van der Waals surface area contributed by atoms with Crippen LogP contribution in [0.4, 0.5) is 4.79 Å². The van der Waals surface area contributed by atoms with Crippen molar-refractivity contribution in [2.24, 2.45) is 0 Å². The lowest BCUT2D eigenvalue weighted by Crippen LogP contribution is -2.52. The first-order valence-electron chi connectivity index (χ1n) is 6.51. The van der Waals surface area contributed by atoms with Crippen molar-refractivity contribution in [1.82, 2.24) is 15.1 Å². The molecule has 2 N–H and O–H groups in total. The second-order valence-corrected chi connectivity index (χ2v) is 5.48. The number of aliphatic carboxylic acids is 1. The number of hydrogen-bond acceptors (Lipinski definition) is 5. The van der Waals surface area contributed by atoms with Gasteiger partial charge < -0.3 is 15.2 Å². The van der Waals surface area contributed by atoms with Gasteiger partial charge in [-0.3, -0.25) is 19.4 Å². The largest absolute Gasteiger partial charge is 0.480 e. The summed E-state index contributed by atoms with van der Waals surface area (Å²) in [5, 5.41) is 11.7. The summed E-state index contributed by atoms with van der Waals surface area (Å²) in [4.78, 5) is 37.7. The fourth-order valence-electron chi connectivity index (χ4n) is 2.38. The van der Waals surface area contributed by atoms with E-state index in [-0.39, 0.29) is 19.1 Å². The van der Waals surface area contributed by atoms with Crippen LogP contribution in [0.15, 0.2) is 0 Å². The number of imide groups is 1. The van der Waals surface area contributed by atoms with Crippen LogP contribution in [0.25, 0.3) is 0 Å². The van der Waals surface area contributed by atoms with Crippen molar-refractivity contribution in [2.45, 2.75) is 25.4 Å². The second-order valence-electron chi connectivity index (χ2n) is 5.48. The van der Waals surface area contributed by atoms with Gasteiger partial charge in [-0.25, -0.2) is 4.79 Å². The molecule has 2 fully saturated rings. The molecule has 8 heteroatoms. The predicted octanol–water partition coefficient (Wildman–Crippen LogP) is -0.898. The zero-order chi connectivity index (χ0) is 14.9. The van der Waals surface area contributed by atoms with Gasteiger partial charge in [0.05, 0.1) is 13.2 Å². The van der Waals surface area contributed by atoms with Crippen molar-refractivity contribution in [3.63, 3.8) is 0 Å². The highest BCUT2D eigenvalue weighted by molar-refractivity contribution is 6.06. The van der Waals surface area contributed by atoms with Crippen LogP contribution in [0.1, 0.15) is 13.8 Å². The lowest BCUT2D eigenvalue weighted by molar-refractivity contribution is -0.149. The van der Waals surface area contributed by atoms with Crippen LogP contribution >= 0.6 is 0 Å². The van der Waals surface area contributed by atoms with Gasteiger partial charge in [-0.1, -0.05) is 0 Å². The summed E-state index contributed by atoms with van der Waals surface area (Å²) >= 11 is 0. The maximum Gasteiger partial charge on any atom is 0.325 e. The van der Waals surface area contributed by atoms with E-state index in [1.165, 1.54) is 0 Å². The molecule has 0 saturated carbocycles. The number of nitrogens with zero attached hydrogens (tertiary/aromatic N) is 2. The molecule has 2 aliphatic heterocycles. The summed E-state index contributed by atoms with van der Waals surface area (Å²) in [5.41, 5.74) is -0.895. The van der Waals surface area contributed by atoms with E-state index in [0.29, 0.717) is 19.7 Å². The van der Waals surface area contributed by atoms with Gasteiger partial charge in [0.2, 0.25) is 0 Å². The minimum atomic E-state index is -0.956. The molecule has 112 valence electrons. The molecule has 0 aliphatic carbocycles. The third kappa shape index (κ3) is 2.75. The van der Waals surface area contributed by atoms with E-state index in [1.807, 2.05) is 0 Å². The Morgan fingerprint density at radius 2 is 2.15 bits per heavy atom. The number of carbonyl (C=O) groups excluding carboxylic acids is 2. The molecule has 0 aromatic carbocycles. The van der Waals surface area contributed by atoms with Crippen molar-refractivity contribution in [3.8, 4) is 0 Å². The van der Waals surface area contributed by atoms with E-state index in [9.17, 15) is 14.4 Å². The van der Waals surface area contributed by atoms with E-state index in [2.05, 4.69) is 5.32 Å². The number of morpholine rings is 1. The highest BCUT2D eigenvalue weighted by Gasteiger charge is 2.44. The van der Waals surface area contributed by atoms with Crippen molar-refractivity contribution in [2.75, 3.05) is 32.8 Å². The monoisotopic (exact) mass is 285 g/mol. The van der Waals surface area contributed by atoms with Gasteiger partial charge >= 0.3 is 12.0 Å². The SMILES string of the molecule is CC1(C)NC(=O)N(CCN2CCOCC2C(=O)O)C1=O. The quantitative estimate of drug-likeness (QED) is 0.650. The Hall–Kier alpha value is -1.67. The summed E-state index contributed by atoms with van der Waals surface area (Å²) in [5.74, 6) is -1.25. The Morgan fingerprint density at radius 3 is 2.70 bits per heavy atom. The van der Waals surface area contributed by atoms with Crippen molar-refractivity contribution in [3.05, 3.63) is 0 Å². The number of urea groups is 1. The second kappa shape index (κ2) is 5.37. The lowest BCUT2D eigenvalue weighted by Gasteiger charge is -2.33. The standard InChI is InChI=1S/C12H19N3O5/c1-12(2)10(18)15(11(19)13-12)4-3-14-5-6-20-7-8(14)9(16)17/h8H,3-7H2,1-2H3,(H,13,19)(H,16,17). The number of hydrogen-bond donors (Lipinski definition) is 2. The highest BCUT2D eigenvalue weighted by atomic mass is 16.5. The molecule has 2 heterocycles. The van der Waals surface area contributed by atoms with Crippen LogP contribution in [0, 0.1) is 0 Å². The molecule has 8 nitrogen and oxygen atoms in total. The van der Waals surface area contributed by atoms with Gasteiger partial charge in [0.15, 0.2) is 0 Å². The molecule has 1 unspecified atom stereocenters. The Labute approximate surface area is 116 Å². The van der Waals surface area contributed by atoms with E-state index in [1.54, 1.807) is 18.7 Å². The Bertz CT molecular complexity index is 437. The molecule has 20 heavy (non-hydrogen) atoms. The first kappa shape index (κ1) is 14.7. The normalized spacial score (nSPS) is 26.7. The highest BCUT2D eigenvalue weighted by Crippen LogP contribution is 2.17. The fourth-order valence-corrected chi connectivity index (χ4v) is 2.38. The Kier molecular flexibility index (Phi) is 3.96. The van der Waals surface area contributed by atoms with Crippen LogP contribution in [0.5, 0.6) is 0 Å². The zero-order valence-corrected chi connectivity index (χ0v) is 11.6. The van der Waals surface area contributed by atoms with Crippen LogP contribution in [0.2, 0.25) is 0 Å². The molecule has 1 atom stereocenters. The van der Waals surface area contributed by atoms with E-state index < -0.39 is 23.6 Å². The molecule has 2 saturated heterocycles. The fraction of sp³-hybridized carbons (Fsp3) is 0.750. The number of rotatable bonds is 4. The number of nitrogens with one attached hydrogen (secondary N) is 1. The molecule has 2 rings (SSSR count). The number of carbonyl (C=O) groups is 3. The smallest absolute Gasteiger partial charge is 0.325 e. The van der Waals surface area contributed by atoms with Gasteiger partial charge in [-0.2, -0.15) is 0 Å². The molecular formula is C12H19N3O5. The maximum absolute atomic E-state index is 12.0. The molecule has 0 bridgehead atoms. The molecule has 0 spiro atoms. The average Bonchev–Trinajstić information content (AvgIpc) is 2.57. The van der Waals surface area contributed by atoms with E-state index in [4.69, 9.17) is 9.84 Å². The molecule has 0 aromatic heterocycles. The molecular weight excluding hydrogens is 266 g/mol. The first-order chi connectivity index (χ1) is 9.33. The number of carboxylic acids is 1. The number of carboxylic acid groups (broad SMARTS) is 1. The minimum absolute atomic E-state index is 0.126. The summed E-state index contributed by atoms with van der Waals surface area (Å²) in [6, 6.07) is -1.15. The van der Waals surface area contributed by atoms with Gasteiger partial charge in [-0.05, 0) is 13.8 Å². The van der Waals surface area contributed by atoms with Crippen molar-refractivity contribution >= 4 is 17.9 Å². The first-order valence-corrected chi connectivity index (χ1v) is 6.51. The maximum atomic E-state index is 12.0. The molecule has 2 aliphatic rings. The van der Waals surface area contributed by atoms with Gasteiger partial charge in [0.1, 0.15) is 11.6 Å². The van der Waals surface area contributed by atoms with E-state index >= 15 is 0 Å². The molecule has 0 aromatic rings. The van der Waals surface area contributed by atoms with Crippen molar-refractivity contribution < 1.29 is 24.2 Å². The van der Waals surface area contributed by atoms with Gasteiger partial charge in [-0.15, -0.1) is 0 Å². The summed E-state index contributed by atoms with van der Waals surface area (Å²) in [7, 11) is 0. The van der Waals surface area contributed by atoms with Gasteiger partial charge in [0, 0.05) is 19.6 Å². The van der Waals surface area contributed by atoms with Crippen LogP contribution in [0.3, 0.4) is 0 Å². The predicted molar refractivity (Wildman–Crippen MR) is 68.1 cm³/mol. The van der Waals surface area contributed by atoms with E-state index in [0.717, 1.165) is 4.90 Å². The summed E-state index contributed by atoms with van der Waals surface area (Å²) in [6.07, 6.45) is 0. The third-order valence-corrected chi connectivity index (χ3v) is 3.58. The molecule has 0 radical (unpaired) electrons. The Morgan fingerprint density at radius 1 is 1.45 bits per heavy atom. The van der Waals surface area contributed by atoms with Crippen LogP contribution in [-0.2, 0) is 14.3 Å². The van der Waals surface area contributed by atoms with Crippen LogP contribution < -0.4 is 5.32 Å². The minimum Gasteiger partial charge on any atom is -0.480 e. The topological polar surface area (TPSA) is 99.2 Å². The summed E-state index contributed by atoms with van der Waals surface area (Å²) < 4.78 is 5.14. The van der Waals surface area contributed by atoms with Gasteiger partial charge in [0.25, 0.3) is 5.91 Å². The lowest BCUT2D eigenvalue weighted by atomic mass is 10.1.